The predicted molar refractivity (Wildman–Crippen MR) is 37.3 cm³/mol. The molecular formula is H5Fe4OS4-2. The molecule has 0 amide bonds. The van der Waals surface area contributed by atoms with Crippen molar-refractivity contribution in [3.63, 3.8) is 0 Å². The molecule has 0 saturated heterocycles. The summed E-state index contributed by atoms with van der Waals surface area (Å²) in [6.45, 7) is 0. The van der Waals surface area contributed by atoms with E-state index >= 15 is 0 Å². The van der Waals surface area contributed by atoms with Crippen molar-refractivity contribution in [2.24, 2.45) is 0 Å². The van der Waals surface area contributed by atoms with E-state index in [1.807, 2.05) is 0 Å². The summed E-state index contributed by atoms with van der Waals surface area (Å²) in [5, 5.41) is 0. The minimum atomic E-state index is 0. The third kappa shape index (κ3) is 86.2. The van der Waals surface area contributed by atoms with E-state index in [1.165, 1.54) is 0 Å². The van der Waals surface area contributed by atoms with Gasteiger partial charge in [-0.1, -0.05) is 0 Å². The Morgan fingerprint density at radius 1 is 0.556 bits per heavy atom. The zero-order chi connectivity index (χ0) is 0. The number of rotatable bonds is 0. The molecule has 69 valence electrons. The van der Waals surface area contributed by atoms with E-state index in [9.17, 15) is 0 Å². The summed E-state index contributed by atoms with van der Waals surface area (Å²) >= 11 is 0. The van der Waals surface area contributed by atoms with Crippen LogP contribution in [-0.2, 0) is 122 Å². The fourth-order valence-electron chi connectivity index (χ4n) is 0. The molecular weight excluding hydrogens is 368 g/mol. The Kier molecular flexibility index (Phi) is 1610. The van der Waals surface area contributed by atoms with Gasteiger partial charge < -0.3 is 59.5 Å². The van der Waals surface area contributed by atoms with E-state index in [-0.39, 0.29) is 128 Å². The summed E-state index contributed by atoms with van der Waals surface area (Å²) in [6, 6.07) is 0. The molecule has 0 aliphatic carbocycles. The molecule has 0 bridgehead atoms. The van der Waals surface area contributed by atoms with E-state index in [1.54, 1.807) is 0 Å². The first-order valence-corrected chi connectivity index (χ1v) is 0. The van der Waals surface area contributed by atoms with Gasteiger partial charge in [0, 0.05) is 51.2 Å². The van der Waals surface area contributed by atoms with Crippen LogP contribution in [0.2, 0.25) is 0 Å². The maximum Gasteiger partial charge on any atom is 2.00 e. The molecule has 0 saturated carbocycles. The Balaban J connectivity index is 0. The average molecular weight is 373 g/mol. The van der Waals surface area contributed by atoms with E-state index in [4.69, 9.17) is 0 Å². The van der Waals surface area contributed by atoms with Crippen molar-refractivity contribution in [2.45, 2.75) is 0 Å². The van der Waals surface area contributed by atoms with E-state index in [2.05, 4.69) is 0 Å². The van der Waals surface area contributed by atoms with Crippen molar-refractivity contribution in [1.29, 1.82) is 0 Å². The molecule has 0 aliphatic rings. The smallest absolute Gasteiger partial charge is 1.00 e. The van der Waals surface area contributed by atoms with Crippen LogP contribution in [0.1, 0.15) is 0 Å². The van der Waals surface area contributed by atoms with Crippen LogP contribution in [-0.4, -0.2) is 5.48 Å². The van der Waals surface area contributed by atoms with Crippen molar-refractivity contribution in [1.82, 2.24) is 0 Å². The third-order valence-electron chi connectivity index (χ3n) is 0. The molecule has 0 atom stereocenters. The summed E-state index contributed by atoms with van der Waals surface area (Å²) in [5.74, 6) is 0. The molecule has 1 radical (unpaired) electrons. The molecule has 0 spiro atoms. The Hall–Kier alpha value is 3.44. The SMILES string of the molecule is O.[Fe+2].[Fe].[Fe].[Fe].[S-].[SH-].[SH-].[SH-]. The maximum absolute atomic E-state index is 0. The van der Waals surface area contributed by atoms with Crippen molar-refractivity contribution < 1.29 is 73.8 Å². The molecule has 0 aromatic heterocycles. The summed E-state index contributed by atoms with van der Waals surface area (Å²) in [6.07, 6.45) is 0. The molecule has 1 nitrogen and oxygen atoms in total. The minimum absolute atomic E-state index is 0. The molecule has 0 aromatic rings. The molecule has 0 unspecified atom stereocenters. The van der Waals surface area contributed by atoms with Crippen LogP contribution >= 0.6 is 0 Å². The molecule has 0 heterocycles. The van der Waals surface area contributed by atoms with Crippen LogP contribution in [0.3, 0.4) is 0 Å². The number of hydrogen-bond acceptors (Lipinski definition) is 4. The summed E-state index contributed by atoms with van der Waals surface area (Å²) in [7, 11) is 0. The van der Waals surface area contributed by atoms with E-state index < -0.39 is 0 Å². The summed E-state index contributed by atoms with van der Waals surface area (Å²) in [4.78, 5) is 0. The van der Waals surface area contributed by atoms with Gasteiger partial charge in [0.2, 0.25) is 0 Å². The normalized spacial score (nSPS) is 0. The van der Waals surface area contributed by atoms with Crippen molar-refractivity contribution >= 4 is 54.0 Å². The molecule has 0 rings (SSSR count). The molecule has 0 aliphatic heterocycles. The van der Waals surface area contributed by atoms with Crippen LogP contribution in [0.15, 0.2) is 0 Å². The standard InChI is InChI=1S/4Fe.H2O.3H2S.S/h;;;;4*1H2;/q;;;+2;;;;;-1/p-3. The van der Waals surface area contributed by atoms with Crippen molar-refractivity contribution in [2.75, 3.05) is 0 Å². The fourth-order valence-corrected chi connectivity index (χ4v) is 0. The Bertz CT molecular complexity index is 12.5. The summed E-state index contributed by atoms with van der Waals surface area (Å²) in [5.41, 5.74) is 0. The molecule has 0 aromatic carbocycles. The molecule has 9 heavy (non-hydrogen) atoms. The average Bonchev–Trinajstić information content (AvgIpc) is 0. The Morgan fingerprint density at radius 3 is 0.556 bits per heavy atom. The first-order chi connectivity index (χ1) is 0. The zero-order valence-electron chi connectivity index (χ0n) is 3.66. The van der Waals surface area contributed by atoms with Gasteiger partial charge in [0.15, 0.2) is 0 Å². The minimum Gasteiger partial charge on any atom is -1.00 e. The van der Waals surface area contributed by atoms with Gasteiger partial charge in [-0.05, 0) is 0 Å². The Morgan fingerprint density at radius 2 is 0.556 bits per heavy atom. The van der Waals surface area contributed by atoms with Gasteiger partial charge in [-0.15, -0.1) is 0 Å². The van der Waals surface area contributed by atoms with E-state index in [0.717, 1.165) is 0 Å². The third-order valence-corrected chi connectivity index (χ3v) is 0. The first kappa shape index (κ1) is 138. The van der Waals surface area contributed by atoms with Crippen molar-refractivity contribution in [3.05, 3.63) is 0 Å². The van der Waals surface area contributed by atoms with Gasteiger partial charge in [-0.25, -0.2) is 0 Å². The predicted octanol–water partition coefficient (Wildman–Crippen LogP) is -1.65. The van der Waals surface area contributed by atoms with Crippen molar-refractivity contribution in [3.8, 4) is 0 Å². The van der Waals surface area contributed by atoms with Gasteiger partial charge in [0.25, 0.3) is 0 Å². The van der Waals surface area contributed by atoms with Gasteiger partial charge in [-0.2, -0.15) is 0 Å². The number of thiol groups is 3. The maximum atomic E-state index is 0. The largest absolute Gasteiger partial charge is 2.00 e. The first-order valence-electron chi connectivity index (χ1n) is 0. The second-order valence-corrected chi connectivity index (χ2v) is 0. The molecule has 2 N–H and O–H groups in total. The van der Waals surface area contributed by atoms with Crippen LogP contribution in [0.4, 0.5) is 0 Å². The van der Waals surface area contributed by atoms with Crippen LogP contribution in [0, 0.1) is 0 Å². The second-order valence-electron chi connectivity index (χ2n) is 0. The zero-order valence-corrected chi connectivity index (χ0v) is 11.6. The van der Waals surface area contributed by atoms with Gasteiger partial charge >= 0.3 is 17.1 Å². The van der Waals surface area contributed by atoms with Crippen LogP contribution < -0.4 is 0 Å². The van der Waals surface area contributed by atoms with Crippen LogP contribution in [0.25, 0.3) is 0 Å². The van der Waals surface area contributed by atoms with Gasteiger partial charge in [0.1, 0.15) is 0 Å². The topological polar surface area (TPSA) is 31.5 Å². The van der Waals surface area contributed by atoms with E-state index in [0.29, 0.717) is 0 Å². The van der Waals surface area contributed by atoms with Gasteiger partial charge in [0.05, 0.1) is 0 Å². The van der Waals surface area contributed by atoms with Gasteiger partial charge in [-0.3, -0.25) is 0 Å². The summed E-state index contributed by atoms with van der Waals surface area (Å²) < 4.78 is 0. The molecule has 0 fully saturated rings. The monoisotopic (exact) mass is 373 g/mol. The quantitative estimate of drug-likeness (QED) is 0.290. The molecule has 9 heteroatoms. The second kappa shape index (κ2) is 105. The van der Waals surface area contributed by atoms with Crippen LogP contribution in [0.5, 0.6) is 0 Å². The fraction of sp³-hybridized carbons (Fsp3) is 0. The Labute approximate surface area is 126 Å². The number of hydrogen-bond donors (Lipinski definition) is 0.